The van der Waals surface area contributed by atoms with E-state index in [1.54, 1.807) is 0 Å². The number of sulfone groups is 1. The second-order valence-corrected chi connectivity index (χ2v) is 12.2. The molecule has 33 heavy (non-hydrogen) atoms. The van der Waals surface area contributed by atoms with E-state index in [1.165, 1.54) is 24.3 Å². The third-order valence-electron chi connectivity index (χ3n) is 5.98. The van der Waals surface area contributed by atoms with Gasteiger partial charge in [0.15, 0.2) is 9.84 Å². The molecule has 1 aliphatic rings. The molecule has 0 radical (unpaired) electrons. The highest BCUT2D eigenvalue weighted by molar-refractivity contribution is 7.90. The van der Waals surface area contributed by atoms with Gasteiger partial charge in [-0.2, -0.15) is 5.10 Å². The molecule has 2 heterocycles. The molecular formula is C23H28N4O4S2. The maximum atomic E-state index is 12.8. The predicted molar refractivity (Wildman–Crippen MR) is 127 cm³/mol. The lowest BCUT2D eigenvalue weighted by Crippen LogP contribution is -2.37. The van der Waals surface area contributed by atoms with Crippen LogP contribution in [-0.2, 0) is 26.4 Å². The summed E-state index contributed by atoms with van der Waals surface area (Å²) in [6, 6.07) is 15.1. The Bertz CT molecular complexity index is 1350. The first-order chi connectivity index (χ1) is 15.5. The first-order valence-electron chi connectivity index (χ1n) is 10.7. The zero-order chi connectivity index (χ0) is 23.8. The highest BCUT2D eigenvalue weighted by Gasteiger charge is 2.28. The van der Waals surface area contributed by atoms with Crippen molar-refractivity contribution in [1.29, 1.82) is 0 Å². The third-order valence-corrected chi connectivity index (χ3v) is 8.64. The normalized spacial score (nSPS) is 17.5. The molecule has 1 aromatic heterocycles. The summed E-state index contributed by atoms with van der Waals surface area (Å²) < 4.78 is 53.5. The van der Waals surface area contributed by atoms with Gasteiger partial charge in [-0.05, 0) is 56.7 Å². The molecule has 4 rings (SSSR count). The van der Waals surface area contributed by atoms with Crippen molar-refractivity contribution >= 4 is 19.9 Å². The molecule has 10 heteroatoms. The summed E-state index contributed by atoms with van der Waals surface area (Å²) in [7, 11) is -7.11. The van der Waals surface area contributed by atoms with Crippen molar-refractivity contribution in [2.24, 2.45) is 0 Å². The summed E-state index contributed by atoms with van der Waals surface area (Å²) in [4.78, 5) is 2.38. The minimum absolute atomic E-state index is 0.0594. The molecule has 1 unspecified atom stereocenters. The maximum absolute atomic E-state index is 12.8. The largest absolute Gasteiger partial charge is 0.297 e. The Labute approximate surface area is 195 Å². The van der Waals surface area contributed by atoms with Crippen LogP contribution < -0.4 is 4.72 Å². The lowest BCUT2D eigenvalue weighted by Gasteiger charge is -2.17. The van der Waals surface area contributed by atoms with Crippen LogP contribution in [0.15, 0.2) is 64.4 Å². The Kier molecular flexibility index (Phi) is 6.45. The van der Waals surface area contributed by atoms with Gasteiger partial charge in [-0.25, -0.2) is 26.2 Å². The minimum atomic E-state index is -3.74. The molecule has 3 aromatic rings. The lowest BCUT2D eigenvalue weighted by atomic mass is 10.2. The van der Waals surface area contributed by atoms with E-state index in [-0.39, 0.29) is 15.8 Å². The van der Waals surface area contributed by atoms with Crippen molar-refractivity contribution in [3.63, 3.8) is 0 Å². The molecule has 0 amide bonds. The number of rotatable bonds is 7. The first-order valence-corrected chi connectivity index (χ1v) is 14.1. The quantitative estimate of drug-likeness (QED) is 0.548. The molecule has 2 aromatic carbocycles. The average molecular weight is 489 g/mol. The minimum Gasteiger partial charge on any atom is -0.297 e. The molecule has 8 nitrogen and oxygen atoms in total. The van der Waals surface area contributed by atoms with Gasteiger partial charge in [0.1, 0.15) is 0 Å². The van der Waals surface area contributed by atoms with Gasteiger partial charge in [0.2, 0.25) is 10.0 Å². The van der Waals surface area contributed by atoms with Crippen LogP contribution in [0.3, 0.4) is 0 Å². The topological polar surface area (TPSA) is 101 Å². The zero-order valence-electron chi connectivity index (χ0n) is 18.9. The summed E-state index contributed by atoms with van der Waals surface area (Å²) >= 11 is 0. The van der Waals surface area contributed by atoms with Crippen LogP contribution in [0.4, 0.5) is 0 Å². The van der Waals surface area contributed by atoms with Crippen molar-refractivity contribution in [2.75, 3.05) is 19.3 Å². The summed E-state index contributed by atoms with van der Waals surface area (Å²) in [5, 5.41) is 4.70. The lowest BCUT2D eigenvalue weighted by molar-refractivity contribution is 0.323. The SMILES string of the molecule is Cc1nn(-c2ccccc2)c(C)c1CN1CCC(NS(=O)(=O)c2ccc(S(C)(=O)=O)cc2)C1. The maximum Gasteiger partial charge on any atom is 0.240 e. The molecule has 1 saturated heterocycles. The fourth-order valence-electron chi connectivity index (χ4n) is 4.17. The van der Waals surface area contributed by atoms with Crippen molar-refractivity contribution in [3.8, 4) is 5.69 Å². The molecular weight excluding hydrogens is 460 g/mol. The second kappa shape index (κ2) is 9.02. The summed E-state index contributed by atoms with van der Waals surface area (Å²) in [5.74, 6) is 0. The van der Waals surface area contributed by atoms with Crippen LogP contribution in [0.1, 0.15) is 23.4 Å². The predicted octanol–water partition coefficient (Wildman–Crippen LogP) is 2.45. The monoisotopic (exact) mass is 488 g/mol. The number of hydrogen-bond acceptors (Lipinski definition) is 6. The van der Waals surface area contributed by atoms with Gasteiger partial charge < -0.3 is 0 Å². The Balaban J connectivity index is 1.43. The smallest absolute Gasteiger partial charge is 0.240 e. The fourth-order valence-corrected chi connectivity index (χ4v) is 6.07. The van der Waals surface area contributed by atoms with Crippen LogP contribution >= 0.6 is 0 Å². The summed E-state index contributed by atoms with van der Waals surface area (Å²) in [6.45, 7) is 6.12. The van der Waals surface area contributed by atoms with E-state index in [4.69, 9.17) is 5.10 Å². The number of aryl methyl sites for hydroxylation is 1. The number of aromatic nitrogens is 2. The van der Waals surface area contributed by atoms with Gasteiger partial charge in [0, 0.05) is 43.2 Å². The highest BCUT2D eigenvalue weighted by Crippen LogP contribution is 2.23. The number of nitrogens with zero attached hydrogens (tertiary/aromatic N) is 3. The van der Waals surface area contributed by atoms with Gasteiger partial charge in [-0.1, -0.05) is 18.2 Å². The van der Waals surface area contributed by atoms with Crippen molar-refractivity contribution in [2.45, 2.75) is 42.6 Å². The number of nitrogens with one attached hydrogen (secondary N) is 1. The van der Waals surface area contributed by atoms with E-state index in [0.29, 0.717) is 19.5 Å². The van der Waals surface area contributed by atoms with Crippen LogP contribution in [0, 0.1) is 13.8 Å². The van der Waals surface area contributed by atoms with E-state index in [9.17, 15) is 16.8 Å². The Morgan fingerprint density at radius 1 is 0.970 bits per heavy atom. The van der Waals surface area contributed by atoms with Crippen LogP contribution in [-0.4, -0.2) is 56.9 Å². The molecule has 0 saturated carbocycles. The number of hydrogen-bond donors (Lipinski definition) is 1. The van der Waals surface area contributed by atoms with E-state index in [0.717, 1.165) is 35.4 Å². The number of sulfonamides is 1. The van der Waals surface area contributed by atoms with Gasteiger partial charge in [-0.3, -0.25) is 4.90 Å². The number of benzene rings is 2. The molecule has 0 aliphatic carbocycles. The van der Waals surface area contributed by atoms with Gasteiger partial charge in [-0.15, -0.1) is 0 Å². The highest BCUT2D eigenvalue weighted by atomic mass is 32.2. The molecule has 1 aliphatic heterocycles. The molecule has 176 valence electrons. The average Bonchev–Trinajstić information content (AvgIpc) is 3.32. The Hall–Kier alpha value is -2.53. The van der Waals surface area contributed by atoms with Gasteiger partial charge >= 0.3 is 0 Å². The second-order valence-electron chi connectivity index (χ2n) is 8.48. The zero-order valence-corrected chi connectivity index (χ0v) is 20.5. The molecule has 1 fully saturated rings. The van der Waals surface area contributed by atoms with E-state index < -0.39 is 19.9 Å². The molecule has 1 atom stereocenters. The fraction of sp³-hybridized carbons (Fsp3) is 0.348. The van der Waals surface area contributed by atoms with Crippen LogP contribution in [0.2, 0.25) is 0 Å². The standard InChI is InChI=1S/C23H28N4O4S2/c1-17-23(18(2)27(24-17)20-7-5-4-6-8-20)16-26-14-13-19(15-26)25-33(30,31)22-11-9-21(10-12-22)32(3,28)29/h4-12,19,25H,13-16H2,1-3H3. The van der Waals surface area contributed by atoms with Crippen molar-refractivity contribution in [3.05, 3.63) is 71.5 Å². The van der Waals surface area contributed by atoms with Crippen LogP contribution in [0.5, 0.6) is 0 Å². The Morgan fingerprint density at radius 3 is 2.24 bits per heavy atom. The van der Waals surface area contributed by atoms with Gasteiger partial charge in [0.25, 0.3) is 0 Å². The molecule has 0 spiro atoms. The van der Waals surface area contributed by atoms with E-state index in [2.05, 4.69) is 16.5 Å². The summed E-state index contributed by atoms with van der Waals surface area (Å²) in [5.41, 5.74) is 4.21. The molecule has 0 bridgehead atoms. The van der Waals surface area contributed by atoms with Gasteiger partial charge in [0.05, 0.1) is 21.2 Å². The van der Waals surface area contributed by atoms with E-state index >= 15 is 0 Å². The molecule has 1 N–H and O–H groups in total. The van der Waals surface area contributed by atoms with Crippen molar-refractivity contribution in [1.82, 2.24) is 19.4 Å². The summed E-state index contributed by atoms with van der Waals surface area (Å²) in [6.07, 6.45) is 1.79. The Morgan fingerprint density at radius 2 is 1.61 bits per heavy atom. The van der Waals surface area contributed by atoms with E-state index in [1.807, 2.05) is 41.9 Å². The number of para-hydroxylation sites is 1. The van der Waals surface area contributed by atoms with Crippen LogP contribution in [0.25, 0.3) is 5.69 Å². The first kappa shape index (κ1) is 23.6. The number of likely N-dealkylation sites (tertiary alicyclic amines) is 1. The third kappa shape index (κ3) is 5.19. The van der Waals surface area contributed by atoms with Crippen molar-refractivity contribution < 1.29 is 16.8 Å².